The molecule has 0 radical (unpaired) electrons. The maximum absolute atomic E-state index is 12.9. The van der Waals surface area contributed by atoms with Gasteiger partial charge in [-0.3, -0.25) is 9.10 Å². The molecular formula is C18H28N2O3S. The molecule has 5 nitrogen and oxygen atoms in total. The first-order valence-electron chi connectivity index (χ1n) is 8.46. The third kappa shape index (κ3) is 4.09. The Morgan fingerprint density at radius 2 is 2.00 bits per heavy atom. The summed E-state index contributed by atoms with van der Waals surface area (Å²) in [7, 11) is -3.57. The number of rotatable bonds is 4. The second kappa shape index (κ2) is 7.13. The van der Waals surface area contributed by atoms with Gasteiger partial charge in [0.15, 0.2) is 0 Å². The van der Waals surface area contributed by atoms with E-state index in [0.29, 0.717) is 24.7 Å². The molecule has 0 aromatic heterocycles. The van der Waals surface area contributed by atoms with E-state index in [1.54, 1.807) is 6.92 Å². The number of hydrogen-bond donors (Lipinski definition) is 0. The lowest BCUT2D eigenvalue weighted by Crippen LogP contribution is -2.51. The number of piperidine rings is 1. The van der Waals surface area contributed by atoms with Gasteiger partial charge in [0.1, 0.15) is 6.04 Å². The van der Waals surface area contributed by atoms with E-state index in [1.807, 2.05) is 36.9 Å². The van der Waals surface area contributed by atoms with E-state index >= 15 is 0 Å². The molecule has 134 valence electrons. The smallest absolute Gasteiger partial charge is 0.246 e. The summed E-state index contributed by atoms with van der Waals surface area (Å²) in [6, 6.07) is 4.92. The van der Waals surface area contributed by atoms with Crippen molar-refractivity contribution in [3.63, 3.8) is 0 Å². The molecule has 24 heavy (non-hydrogen) atoms. The standard InChI is InChI=1S/C18H28N2O3S/c1-13-8-9-15(3)17(11-13)20(24(5,22)23)16(4)18(21)19-10-6-7-14(2)12-19/h8-9,11,14,16H,6-7,10,12H2,1-5H3/t14-,16+/m0/s1. The minimum absolute atomic E-state index is 0.118. The summed E-state index contributed by atoms with van der Waals surface area (Å²) >= 11 is 0. The Kier molecular flexibility index (Phi) is 5.58. The second-order valence-electron chi connectivity index (χ2n) is 7.06. The van der Waals surface area contributed by atoms with Gasteiger partial charge >= 0.3 is 0 Å². The van der Waals surface area contributed by atoms with E-state index in [0.717, 1.165) is 30.2 Å². The summed E-state index contributed by atoms with van der Waals surface area (Å²) in [5, 5.41) is 0. The summed E-state index contributed by atoms with van der Waals surface area (Å²) in [6.45, 7) is 9.01. The quantitative estimate of drug-likeness (QED) is 0.837. The lowest BCUT2D eigenvalue weighted by molar-refractivity contribution is -0.133. The molecule has 1 saturated heterocycles. The predicted molar refractivity (Wildman–Crippen MR) is 97.7 cm³/mol. The van der Waals surface area contributed by atoms with Gasteiger partial charge in [-0.05, 0) is 56.7 Å². The second-order valence-corrected chi connectivity index (χ2v) is 8.92. The number of aryl methyl sites for hydroxylation is 2. The third-order valence-electron chi connectivity index (χ3n) is 4.64. The van der Waals surface area contributed by atoms with Crippen LogP contribution in [0.15, 0.2) is 18.2 Å². The first-order chi connectivity index (χ1) is 11.1. The Labute approximate surface area is 145 Å². The highest BCUT2D eigenvalue weighted by molar-refractivity contribution is 7.92. The lowest BCUT2D eigenvalue weighted by Gasteiger charge is -2.36. The van der Waals surface area contributed by atoms with Crippen molar-refractivity contribution >= 4 is 21.6 Å². The van der Waals surface area contributed by atoms with E-state index in [2.05, 4.69) is 6.92 Å². The van der Waals surface area contributed by atoms with Gasteiger partial charge in [0.25, 0.3) is 0 Å². The number of likely N-dealkylation sites (tertiary alicyclic amines) is 1. The molecule has 0 N–H and O–H groups in total. The molecule has 0 unspecified atom stereocenters. The molecule has 1 aliphatic rings. The first-order valence-corrected chi connectivity index (χ1v) is 10.3. The van der Waals surface area contributed by atoms with Gasteiger partial charge < -0.3 is 4.90 Å². The largest absolute Gasteiger partial charge is 0.341 e. The number of sulfonamides is 1. The number of amides is 1. The molecule has 6 heteroatoms. The fraction of sp³-hybridized carbons (Fsp3) is 0.611. The average Bonchev–Trinajstić information content (AvgIpc) is 2.48. The van der Waals surface area contributed by atoms with Crippen molar-refractivity contribution in [1.29, 1.82) is 0 Å². The van der Waals surface area contributed by atoms with E-state index in [-0.39, 0.29) is 5.91 Å². The maximum Gasteiger partial charge on any atom is 0.246 e. The Bertz CT molecular complexity index is 715. The zero-order valence-electron chi connectivity index (χ0n) is 15.2. The van der Waals surface area contributed by atoms with Gasteiger partial charge in [-0.15, -0.1) is 0 Å². The van der Waals surface area contributed by atoms with Crippen LogP contribution in [-0.4, -0.2) is 44.6 Å². The van der Waals surface area contributed by atoms with Crippen LogP contribution in [0.1, 0.15) is 37.8 Å². The monoisotopic (exact) mass is 352 g/mol. The minimum atomic E-state index is -3.57. The molecule has 1 aliphatic heterocycles. The average molecular weight is 353 g/mol. The van der Waals surface area contributed by atoms with Crippen molar-refractivity contribution in [2.75, 3.05) is 23.7 Å². The van der Waals surface area contributed by atoms with Crippen LogP contribution in [0, 0.1) is 19.8 Å². The van der Waals surface area contributed by atoms with E-state index < -0.39 is 16.1 Å². The van der Waals surface area contributed by atoms with E-state index in [4.69, 9.17) is 0 Å². The lowest BCUT2D eigenvalue weighted by atomic mass is 9.99. The molecule has 0 aliphatic carbocycles. The fourth-order valence-corrected chi connectivity index (χ4v) is 4.60. The van der Waals surface area contributed by atoms with Crippen LogP contribution in [0.2, 0.25) is 0 Å². The van der Waals surface area contributed by atoms with Gasteiger partial charge in [-0.2, -0.15) is 0 Å². The number of nitrogens with zero attached hydrogens (tertiary/aromatic N) is 2. The molecule has 0 spiro atoms. The van der Waals surface area contributed by atoms with Crippen LogP contribution >= 0.6 is 0 Å². The van der Waals surface area contributed by atoms with Crippen LogP contribution in [0.25, 0.3) is 0 Å². The molecule has 1 heterocycles. The molecule has 0 bridgehead atoms. The van der Waals surface area contributed by atoms with Gasteiger partial charge in [0, 0.05) is 13.1 Å². The minimum Gasteiger partial charge on any atom is -0.341 e. The highest BCUT2D eigenvalue weighted by atomic mass is 32.2. The number of benzene rings is 1. The number of hydrogen-bond acceptors (Lipinski definition) is 3. The molecule has 1 aromatic carbocycles. The molecular weight excluding hydrogens is 324 g/mol. The van der Waals surface area contributed by atoms with Gasteiger partial charge in [0.2, 0.25) is 15.9 Å². The highest BCUT2D eigenvalue weighted by Crippen LogP contribution is 2.27. The SMILES string of the molecule is Cc1ccc(C)c(N([C@H](C)C(=O)N2CCC[C@H](C)C2)S(C)(=O)=O)c1. The topological polar surface area (TPSA) is 57.7 Å². The summed E-state index contributed by atoms with van der Waals surface area (Å²) in [6.07, 6.45) is 3.25. The predicted octanol–water partition coefficient (Wildman–Crippen LogP) is 2.72. The zero-order valence-corrected chi connectivity index (χ0v) is 16.1. The highest BCUT2D eigenvalue weighted by Gasteiger charge is 2.34. The van der Waals surface area contributed by atoms with E-state index in [1.165, 1.54) is 4.31 Å². The Balaban J connectivity index is 2.38. The zero-order chi connectivity index (χ0) is 18.1. The van der Waals surface area contributed by atoms with Crippen LogP contribution < -0.4 is 4.31 Å². The van der Waals surface area contributed by atoms with E-state index in [9.17, 15) is 13.2 Å². The summed E-state index contributed by atoms with van der Waals surface area (Å²) < 4.78 is 26.2. The summed E-state index contributed by atoms with van der Waals surface area (Å²) in [5.41, 5.74) is 2.40. The summed E-state index contributed by atoms with van der Waals surface area (Å²) in [5.74, 6) is 0.343. The molecule has 2 atom stereocenters. The van der Waals surface area contributed by atoms with Gasteiger partial charge in [-0.25, -0.2) is 8.42 Å². The summed E-state index contributed by atoms with van der Waals surface area (Å²) in [4.78, 5) is 14.7. The first kappa shape index (κ1) is 18.8. The molecule has 1 amide bonds. The van der Waals surface area contributed by atoms with Gasteiger partial charge in [0.05, 0.1) is 11.9 Å². The van der Waals surface area contributed by atoms with Crippen molar-refractivity contribution in [1.82, 2.24) is 4.90 Å². The van der Waals surface area contributed by atoms with Crippen molar-refractivity contribution in [3.05, 3.63) is 29.3 Å². The Morgan fingerprint density at radius 1 is 1.33 bits per heavy atom. The van der Waals surface area contributed by atoms with Gasteiger partial charge in [-0.1, -0.05) is 19.1 Å². The van der Waals surface area contributed by atoms with Crippen LogP contribution in [0.4, 0.5) is 5.69 Å². The number of anilines is 1. The molecule has 2 rings (SSSR count). The Hall–Kier alpha value is -1.56. The van der Waals surface area contributed by atoms with Crippen LogP contribution in [-0.2, 0) is 14.8 Å². The van der Waals surface area contributed by atoms with Crippen molar-refractivity contribution < 1.29 is 13.2 Å². The van der Waals surface area contributed by atoms with Crippen molar-refractivity contribution in [2.24, 2.45) is 5.92 Å². The molecule has 0 saturated carbocycles. The van der Waals surface area contributed by atoms with Crippen molar-refractivity contribution in [2.45, 2.75) is 46.6 Å². The molecule has 1 fully saturated rings. The van der Waals surface area contributed by atoms with Crippen LogP contribution in [0.5, 0.6) is 0 Å². The third-order valence-corrected chi connectivity index (χ3v) is 5.86. The number of carbonyl (C=O) groups is 1. The normalized spacial score (nSPS) is 19.9. The molecule has 1 aromatic rings. The number of carbonyl (C=O) groups excluding carboxylic acids is 1. The fourth-order valence-electron chi connectivity index (χ4n) is 3.39. The van der Waals surface area contributed by atoms with Crippen LogP contribution in [0.3, 0.4) is 0 Å². The van der Waals surface area contributed by atoms with Crippen molar-refractivity contribution in [3.8, 4) is 0 Å². The maximum atomic E-state index is 12.9. The Morgan fingerprint density at radius 3 is 2.58 bits per heavy atom.